The zero-order chi connectivity index (χ0) is 17.2. The van der Waals surface area contributed by atoms with Crippen LogP contribution in [0.25, 0.3) is 0 Å². The standard InChI is InChI=1S/C17H18F2NO2S.Ti/c1-12(2)11-20(17-9-6-14(18)10-16(17)19)23(21,22)15-7-4-13(3)5-8-15;/h4-9,12H,11H2,1-3H3;. The van der Waals surface area contributed by atoms with Gasteiger partial charge in [-0.3, -0.25) is 4.31 Å². The molecule has 0 atom stereocenters. The van der Waals surface area contributed by atoms with Crippen molar-refractivity contribution in [1.82, 2.24) is 0 Å². The first-order chi connectivity index (χ1) is 10.7. The molecule has 2 aromatic rings. The number of anilines is 1. The molecule has 0 spiro atoms. The first-order valence-corrected chi connectivity index (χ1v) is 8.62. The Morgan fingerprint density at radius 1 is 1.08 bits per heavy atom. The van der Waals surface area contributed by atoms with E-state index >= 15 is 0 Å². The second-order valence-electron chi connectivity index (χ2n) is 5.75. The minimum absolute atomic E-state index is 0. The van der Waals surface area contributed by atoms with Gasteiger partial charge < -0.3 is 0 Å². The third kappa shape index (κ3) is 4.65. The van der Waals surface area contributed by atoms with E-state index in [9.17, 15) is 17.2 Å². The van der Waals surface area contributed by atoms with Crippen LogP contribution in [-0.4, -0.2) is 15.0 Å². The normalized spacial score (nSPS) is 11.2. The van der Waals surface area contributed by atoms with E-state index in [0.29, 0.717) is 0 Å². The molecule has 0 fully saturated rings. The summed E-state index contributed by atoms with van der Waals surface area (Å²) in [5.74, 6) is -1.94. The van der Waals surface area contributed by atoms with Gasteiger partial charge >= 0.3 is 0 Å². The van der Waals surface area contributed by atoms with Gasteiger partial charge in [-0.2, -0.15) is 0 Å². The van der Waals surface area contributed by atoms with Gasteiger partial charge in [-0.25, -0.2) is 17.2 Å². The number of nitrogens with zero attached hydrogens (tertiary/aromatic N) is 1. The van der Waals surface area contributed by atoms with Gasteiger partial charge in [-0.05, 0) is 37.1 Å². The molecular weight excluding hydrogens is 368 g/mol. The Hall–Kier alpha value is -1.24. The van der Waals surface area contributed by atoms with Gasteiger partial charge in [-0.15, -0.1) is 0 Å². The fraction of sp³-hybridized carbons (Fsp3) is 0.294. The van der Waals surface area contributed by atoms with Crippen molar-refractivity contribution in [3.63, 3.8) is 0 Å². The zero-order valence-electron chi connectivity index (χ0n) is 13.7. The predicted molar refractivity (Wildman–Crippen MR) is 85.7 cm³/mol. The van der Waals surface area contributed by atoms with Crippen LogP contribution in [0.4, 0.5) is 14.5 Å². The number of benzene rings is 2. The van der Waals surface area contributed by atoms with E-state index in [1.54, 1.807) is 12.1 Å². The quantitative estimate of drug-likeness (QED) is 0.731. The summed E-state index contributed by atoms with van der Waals surface area (Å²) in [7, 11) is -3.95. The summed E-state index contributed by atoms with van der Waals surface area (Å²) >= 11 is 0. The van der Waals surface area contributed by atoms with Gasteiger partial charge in [0.05, 0.1) is 16.6 Å². The topological polar surface area (TPSA) is 37.4 Å². The molecule has 0 aliphatic rings. The van der Waals surface area contributed by atoms with Gasteiger partial charge in [0.1, 0.15) is 5.82 Å². The summed E-state index contributed by atoms with van der Waals surface area (Å²) < 4.78 is 53.8. The van der Waals surface area contributed by atoms with Crippen LogP contribution in [0.15, 0.2) is 41.3 Å². The number of rotatable bonds is 5. The SMILES string of the molecule is Cc1ccc(S(=O)(=O)N(CC(C)C)c2ccc(F)[c]c2F)cc1.[Ti]. The van der Waals surface area contributed by atoms with E-state index < -0.39 is 21.7 Å². The molecule has 127 valence electrons. The largest absolute Gasteiger partial charge is 0.264 e. The van der Waals surface area contributed by atoms with Crippen LogP contribution in [0.5, 0.6) is 0 Å². The summed E-state index contributed by atoms with van der Waals surface area (Å²) in [5.41, 5.74) is 0.710. The second-order valence-corrected chi connectivity index (χ2v) is 7.61. The van der Waals surface area contributed by atoms with Gasteiger partial charge in [-0.1, -0.05) is 31.5 Å². The van der Waals surface area contributed by atoms with E-state index in [1.807, 2.05) is 26.8 Å². The molecule has 0 aromatic heterocycles. The predicted octanol–water partition coefficient (Wildman–Crippen LogP) is 3.92. The second kappa shape index (κ2) is 8.23. The number of halogens is 2. The smallest absolute Gasteiger partial charge is 0.263 e. The van der Waals surface area contributed by atoms with Gasteiger partial charge in [0.2, 0.25) is 0 Å². The maximum Gasteiger partial charge on any atom is 0.264 e. The van der Waals surface area contributed by atoms with Crippen LogP contribution in [0.2, 0.25) is 0 Å². The Labute approximate surface area is 156 Å². The van der Waals surface area contributed by atoms with E-state index in [1.165, 1.54) is 12.1 Å². The molecule has 0 aliphatic carbocycles. The van der Waals surface area contributed by atoms with Crippen LogP contribution in [0, 0.1) is 30.5 Å². The van der Waals surface area contributed by atoms with Crippen molar-refractivity contribution in [3.05, 3.63) is 59.7 Å². The van der Waals surface area contributed by atoms with Crippen LogP contribution >= 0.6 is 0 Å². The Bertz CT molecular complexity index is 793. The number of hydrogen-bond acceptors (Lipinski definition) is 2. The minimum Gasteiger partial charge on any atom is -0.263 e. The van der Waals surface area contributed by atoms with Crippen molar-refractivity contribution in [2.24, 2.45) is 5.92 Å². The molecule has 3 nitrogen and oxygen atoms in total. The molecule has 1 radical (unpaired) electrons. The molecule has 0 saturated heterocycles. The number of sulfonamides is 1. The van der Waals surface area contributed by atoms with Crippen molar-refractivity contribution in [2.75, 3.05) is 10.8 Å². The van der Waals surface area contributed by atoms with Crippen molar-refractivity contribution in [3.8, 4) is 0 Å². The molecule has 2 rings (SSSR count). The van der Waals surface area contributed by atoms with Crippen LogP contribution in [-0.2, 0) is 31.7 Å². The molecule has 24 heavy (non-hydrogen) atoms. The Balaban J connectivity index is 0.00000288. The summed E-state index contributed by atoms with van der Waals surface area (Å²) in [6.45, 7) is 5.56. The van der Waals surface area contributed by atoms with Crippen LogP contribution in [0.1, 0.15) is 19.4 Å². The monoisotopic (exact) mass is 386 g/mol. The molecular formula is C17H18F2NO2STi. The Kier molecular flexibility index (Phi) is 7.14. The molecule has 0 heterocycles. The van der Waals surface area contributed by atoms with E-state index in [4.69, 9.17) is 0 Å². The Morgan fingerprint density at radius 3 is 2.17 bits per heavy atom. The van der Waals surface area contributed by atoms with Crippen molar-refractivity contribution in [1.29, 1.82) is 0 Å². The summed E-state index contributed by atoms with van der Waals surface area (Å²) in [5, 5.41) is 0. The molecule has 0 saturated carbocycles. The molecule has 7 heteroatoms. The van der Waals surface area contributed by atoms with Crippen molar-refractivity contribution >= 4 is 15.7 Å². The van der Waals surface area contributed by atoms with Gasteiger partial charge in [0, 0.05) is 28.3 Å². The average molecular weight is 386 g/mol. The number of aryl methyl sites for hydroxylation is 1. The van der Waals surface area contributed by atoms with Crippen molar-refractivity contribution < 1.29 is 38.9 Å². The summed E-state index contributed by atoms with van der Waals surface area (Å²) in [4.78, 5) is 0.0625. The van der Waals surface area contributed by atoms with E-state index in [2.05, 4.69) is 0 Å². The van der Waals surface area contributed by atoms with Gasteiger partial charge in [0.15, 0.2) is 5.82 Å². The molecule has 0 amide bonds. The fourth-order valence-electron chi connectivity index (χ4n) is 2.12. The van der Waals surface area contributed by atoms with Crippen LogP contribution < -0.4 is 4.31 Å². The average Bonchev–Trinajstić information content (AvgIpc) is 2.45. The van der Waals surface area contributed by atoms with E-state index in [0.717, 1.165) is 22.0 Å². The van der Waals surface area contributed by atoms with Crippen molar-refractivity contribution in [2.45, 2.75) is 25.7 Å². The molecule has 0 bridgehead atoms. The first kappa shape index (κ1) is 20.8. The third-order valence-corrected chi connectivity index (χ3v) is 5.04. The maximum atomic E-state index is 14.1. The maximum absolute atomic E-state index is 14.1. The zero-order valence-corrected chi connectivity index (χ0v) is 16.1. The minimum atomic E-state index is -3.95. The number of hydrogen-bond donors (Lipinski definition) is 0. The van der Waals surface area contributed by atoms with Crippen LogP contribution in [0.3, 0.4) is 0 Å². The first-order valence-electron chi connectivity index (χ1n) is 7.18. The summed E-state index contributed by atoms with van der Waals surface area (Å²) in [6.07, 6.45) is 0. The molecule has 0 N–H and O–H groups in total. The van der Waals surface area contributed by atoms with Gasteiger partial charge in [0.25, 0.3) is 10.0 Å². The summed E-state index contributed by atoms with van der Waals surface area (Å²) in [6, 6.07) is 10.3. The molecule has 0 unspecified atom stereocenters. The van der Waals surface area contributed by atoms with E-state index in [-0.39, 0.29) is 44.8 Å². The Morgan fingerprint density at radius 2 is 1.67 bits per heavy atom. The molecule has 0 aliphatic heterocycles. The molecule has 2 aromatic carbocycles. The third-order valence-electron chi connectivity index (χ3n) is 3.25. The fourth-order valence-corrected chi connectivity index (χ4v) is 3.75.